The van der Waals surface area contributed by atoms with Crippen molar-refractivity contribution in [3.05, 3.63) is 71.3 Å². The summed E-state index contributed by atoms with van der Waals surface area (Å²) in [5, 5.41) is 0. The van der Waals surface area contributed by atoms with E-state index >= 15 is 0 Å². The van der Waals surface area contributed by atoms with Gasteiger partial charge in [-0.05, 0) is 38.1 Å². The molecular weight excluding hydrogens is 440 g/mol. The van der Waals surface area contributed by atoms with Crippen LogP contribution in [-0.2, 0) is 16.0 Å². The van der Waals surface area contributed by atoms with Gasteiger partial charge in [0.15, 0.2) is 0 Å². The summed E-state index contributed by atoms with van der Waals surface area (Å²) in [5.74, 6) is -0.433. The molecule has 3 aliphatic rings. The monoisotopic (exact) mass is 474 g/mol. The van der Waals surface area contributed by atoms with Crippen LogP contribution >= 0.6 is 0 Å². The van der Waals surface area contributed by atoms with Crippen LogP contribution in [-0.4, -0.2) is 95.2 Å². The molecule has 0 aromatic heterocycles. The molecule has 35 heavy (non-hydrogen) atoms. The summed E-state index contributed by atoms with van der Waals surface area (Å²) < 4.78 is 0. The van der Waals surface area contributed by atoms with Crippen LogP contribution in [0.5, 0.6) is 0 Å². The van der Waals surface area contributed by atoms with Crippen LogP contribution in [0.15, 0.2) is 54.6 Å². The van der Waals surface area contributed by atoms with Gasteiger partial charge in [0.2, 0.25) is 11.8 Å². The molecule has 1 spiro atoms. The number of hydrogen-bond donors (Lipinski definition) is 0. The zero-order chi connectivity index (χ0) is 24.7. The van der Waals surface area contributed by atoms with Crippen molar-refractivity contribution >= 4 is 17.7 Å². The molecule has 2 fully saturated rings. The van der Waals surface area contributed by atoms with Crippen LogP contribution < -0.4 is 0 Å². The first-order chi connectivity index (χ1) is 16.8. The Morgan fingerprint density at radius 1 is 0.914 bits per heavy atom. The number of carbonyl (C=O) groups is 3. The topological polar surface area (TPSA) is 64.2 Å². The van der Waals surface area contributed by atoms with Gasteiger partial charge in [0, 0.05) is 50.9 Å². The predicted octanol–water partition coefficient (Wildman–Crippen LogP) is 2.23. The van der Waals surface area contributed by atoms with E-state index in [0.717, 1.165) is 24.2 Å². The van der Waals surface area contributed by atoms with E-state index < -0.39 is 11.5 Å². The van der Waals surface area contributed by atoms with E-state index in [4.69, 9.17) is 0 Å². The molecule has 3 heterocycles. The minimum atomic E-state index is -0.730. The SMILES string of the molecule is CC(C)N1C(=O)c2ccccc2C(C(=O)N2CCN(C)CC2)C12CN(C(=O)Cc1ccccc1)C2. The highest BCUT2D eigenvalue weighted by atomic mass is 16.2. The summed E-state index contributed by atoms with van der Waals surface area (Å²) in [4.78, 5) is 48.9. The molecule has 1 atom stereocenters. The second-order valence-corrected chi connectivity index (χ2v) is 10.4. The largest absolute Gasteiger partial charge is 0.340 e. The van der Waals surface area contributed by atoms with Gasteiger partial charge in [0.25, 0.3) is 5.91 Å². The van der Waals surface area contributed by atoms with E-state index in [0.29, 0.717) is 38.2 Å². The predicted molar refractivity (Wildman–Crippen MR) is 134 cm³/mol. The Kier molecular flexibility index (Phi) is 6.13. The highest BCUT2D eigenvalue weighted by Crippen LogP contribution is 2.48. The van der Waals surface area contributed by atoms with Gasteiger partial charge in [-0.15, -0.1) is 0 Å². The van der Waals surface area contributed by atoms with Crippen molar-refractivity contribution < 1.29 is 14.4 Å². The van der Waals surface area contributed by atoms with Crippen molar-refractivity contribution in [2.24, 2.45) is 0 Å². The number of fused-ring (bicyclic) bond motifs is 1. The molecule has 7 heteroatoms. The van der Waals surface area contributed by atoms with Gasteiger partial charge < -0.3 is 19.6 Å². The molecule has 0 bridgehead atoms. The van der Waals surface area contributed by atoms with Crippen LogP contribution in [0.4, 0.5) is 0 Å². The van der Waals surface area contributed by atoms with Crippen molar-refractivity contribution in [1.82, 2.24) is 19.6 Å². The summed E-state index contributed by atoms with van der Waals surface area (Å²) in [6.45, 7) is 7.77. The van der Waals surface area contributed by atoms with Crippen LogP contribution in [0.1, 0.15) is 41.3 Å². The fourth-order valence-corrected chi connectivity index (χ4v) is 6.03. The molecular formula is C28H34N4O3. The number of likely N-dealkylation sites (tertiary alicyclic amines) is 1. The van der Waals surface area contributed by atoms with Gasteiger partial charge in [-0.3, -0.25) is 14.4 Å². The maximum Gasteiger partial charge on any atom is 0.255 e. The van der Waals surface area contributed by atoms with Crippen LogP contribution in [0.2, 0.25) is 0 Å². The number of nitrogens with zero attached hydrogens (tertiary/aromatic N) is 4. The third-order valence-electron chi connectivity index (χ3n) is 7.80. The van der Waals surface area contributed by atoms with E-state index in [1.807, 2.05) is 83.1 Å². The van der Waals surface area contributed by atoms with Crippen molar-refractivity contribution in [3.8, 4) is 0 Å². The zero-order valence-electron chi connectivity index (χ0n) is 20.8. The average molecular weight is 475 g/mol. The van der Waals surface area contributed by atoms with E-state index in [1.165, 1.54) is 0 Å². The summed E-state index contributed by atoms with van der Waals surface area (Å²) in [7, 11) is 2.07. The maximum absolute atomic E-state index is 14.1. The molecule has 2 aromatic rings. The van der Waals surface area contributed by atoms with Crippen LogP contribution in [0.25, 0.3) is 0 Å². The van der Waals surface area contributed by atoms with Gasteiger partial charge in [-0.1, -0.05) is 48.5 Å². The zero-order valence-corrected chi connectivity index (χ0v) is 20.8. The van der Waals surface area contributed by atoms with Crippen molar-refractivity contribution in [1.29, 1.82) is 0 Å². The molecule has 0 radical (unpaired) electrons. The molecule has 184 valence electrons. The Labute approximate surface area is 207 Å². The van der Waals surface area contributed by atoms with E-state index in [9.17, 15) is 14.4 Å². The van der Waals surface area contributed by atoms with E-state index in [-0.39, 0.29) is 23.8 Å². The second kappa shape index (κ2) is 9.11. The number of amides is 3. The summed E-state index contributed by atoms with van der Waals surface area (Å²) in [6, 6.07) is 17.2. The molecule has 7 nitrogen and oxygen atoms in total. The summed E-state index contributed by atoms with van der Waals surface area (Å²) >= 11 is 0. The fraction of sp³-hybridized carbons (Fsp3) is 0.464. The Morgan fingerprint density at radius 3 is 2.20 bits per heavy atom. The minimum absolute atomic E-state index is 0.0302. The van der Waals surface area contributed by atoms with Crippen LogP contribution in [0, 0.1) is 0 Å². The van der Waals surface area contributed by atoms with Gasteiger partial charge in [-0.2, -0.15) is 0 Å². The third kappa shape index (κ3) is 4.01. The lowest BCUT2D eigenvalue weighted by molar-refractivity contribution is -0.157. The van der Waals surface area contributed by atoms with Gasteiger partial charge in [-0.25, -0.2) is 0 Å². The highest BCUT2D eigenvalue weighted by Gasteiger charge is 2.62. The molecule has 2 saturated heterocycles. The van der Waals surface area contributed by atoms with Crippen LogP contribution in [0.3, 0.4) is 0 Å². The standard InChI is InChI=1S/C28H34N4O3/c1-20(2)32-26(34)23-12-8-7-11-22(23)25(27(35)30-15-13-29(3)14-16-30)28(32)18-31(19-28)24(33)17-21-9-5-4-6-10-21/h4-12,20,25H,13-19H2,1-3H3. The summed E-state index contributed by atoms with van der Waals surface area (Å²) in [6.07, 6.45) is 0.320. The fourth-order valence-electron chi connectivity index (χ4n) is 6.03. The maximum atomic E-state index is 14.1. The quantitative estimate of drug-likeness (QED) is 0.682. The smallest absolute Gasteiger partial charge is 0.255 e. The normalized spacial score (nSPS) is 21.8. The highest BCUT2D eigenvalue weighted by molar-refractivity contribution is 6.03. The Morgan fingerprint density at radius 2 is 1.54 bits per heavy atom. The average Bonchev–Trinajstić information content (AvgIpc) is 2.82. The van der Waals surface area contributed by atoms with Gasteiger partial charge in [0.1, 0.15) is 0 Å². The van der Waals surface area contributed by atoms with Gasteiger partial charge in [0.05, 0.1) is 17.9 Å². The lowest BCUT2D eigenvalue weighted by atomic mass is 9.67. The molecule has 0 N–H and O–H groups in total. The molecule has 2 aromatic carbocycles. The first kappa shape index (κ1) is 23.5. The first-order valence-corrected chi connectivity index (χ1v) is 12.5. The minimum Gasteiger partial charge on any atom is -0.340 e. The second-order valence-electron chi connectivity index (χ2n) is 10.4. The number of hydrogen-bond acceptors (Lipinski definition) is 4. The number of rotatable bonds is 4. The number of likely N-dealkylation sites (N-methyl/N-ethyl adjacent to an activating group) is 1. The first-order valence-electron chi connectivity index (χ1n) is 12.5. The Hall–Kier alpha value is -3.19. The third-order valence-corrected chi connectivity index (χ3v) is 7.80. The summed E-state index contributed by atoms with van der Waals surface area (Å²) in [5.41, 5.74) is 1.64. The molecule has 3 amide bonds. The Balaban J connectivity index is 1.49. The lowest BCUT2D eigenvalue weighted by Gasteiger charge is -2.62. The van der Waals surface area contributed by atoms with Crippen molar-refractivity contribution in [2.75, 3.05) is 46.3 Å². The van der Waals surface area contributed by atoms with Gasteiger partial charge >= 0.3 is 0 Å². The van der Waals surface area contributed by atoms with E-state index in [2.05, 4.69) is 11.9 Å². The number of benzene rings is 2. The van der Waals surface area contributed by atoms with Crippen molar-refractivity contribution in [2.45, 2.75) is 37.8 Å². The molecule has 0 aliphatic carbocycles. The van der Waals surface area contributed by atoms with Crippen molar-refractivity contribution in [3.63, 3.8) is 0 Å². The molecule has 5 rings (SSSR count). The molecule has 0 saturated carbocycles. The number of carbonyl (C=O) groups excluding carboxylic acids is 3. The van der Waals surface area contributed by atoms with E-state index in [1.54, 1.807) is 0 Å². The molecule has 1 unspecified atom stereocenters. The number of piperazine rings is 1. The Bertz CT molecular complexity index is 1120. The molecule has 3 aliphatic heterocycles. The lowest BCUT2D eigenvalue weighted by Crippen LogP contribution is -2.78.